The highest BCUT2D eigenvalue weighted by Gasteiger charge is 2.34. The van der Waals surface area contributed by atoms with Crippen molar-refractivity contribution in [2.24, 2.45) is 5.92 Å². The molecule has 1 aromatic heterocycles. The Hall–Kier alpha value is -3.54. The van der Waals surface area contributed by atoms with Crippen LogP contribution in [0.25, 0.3) is 17.0 Å². The molecule has 5 atom stereocenters. The summed E-state index contributed by atoms with van der Waals surface area (Å²) in [4.78, 5) is 43.2. The molecule has 1 aliphatic heterocycles. The number of aromatic nitrogens is 1. The lowest BCUT2D eigenvalue weighted by molar-refractivity contribution is -0.172. The maximum atomic E-state index is 13.2. The van der Waals surface area contributed by atoms with Crippen LogP contribution in [0.5, 0.6) is 0 Å². The molecular formula is C31H45N5O6. The van der Waals surface area contributed by atoms with Crippen molar-refractivity contribution in [1.29, 1.82) is 0 Å². The van der Waals surface area contributed by atoms with Crippen LogP contribution in [0.3, 0.4) is 0 Å². The van der Waals surface area contributed by atoms with E-state index >= 15 is 0 Å². The molecule has 5 unspecified atom stereocenters. The third-order valence-electron chi connectivity index (χ3n) is 6.91. The number of nitrogens with one attached hydrogen (secondary N) is 3. The molecule has 0 bridgehead atoms. The fourth-order valence-corrected chi connectivity index (χ4v) is 4.62. The summed E-state index contributed by atoms with van der Waals surface area (Å²) >= 11 is 0. The van der Waals surface area contributed by atoms with Gasteiger partial charge in [0.25, 0.3) is 5.91 Å². The minimum atomic E-state index is -1.21. The topological polar surface area (TPSA) is 142 Å². The van der Waals surface area contributed by atoms with Gasteiger partial charge in [0.05, 0.1) is 23.4 Å². The average molecular weight is 584 g/mol. The van der Waals surface area contributed by atoms with Crippen LogP contribution in [0, 0.1) is 5.92 Å². The number of carbonyl (C=O) groups excluding carboxylic acids is 3. The molecule has 1 aromatic carbocycles. The number of ether oxygens (including phenoxy) is 2. The zero-order valence-electron chi connectivity index (χ0n) is 25.6. The van der Waals surface area contributed by atoms with Crippen molar-refractivity contribution in [2.45, 2.75) is 97.4 Å². The summed E-state index contributed by atoms with van der Waals surface area (Å²) in [5.74, 6) is -1.11. The first kappa shape index (κ1) is 33.0. The minimum Gasteiger partial charge on any atom is -0.444 e. The summed E-state index contributed by atoms with van der Waals surface area (Å²) in [5.41, 5.74) is 4.78. The molecule has 42 heavy (non-hydrogen) atoms. The van der Waals surface area contributed by atoms with Gasteiger partial charge < -0.3 is 25.2 Å². The maximum absolute atomic E-state index is 13.2. The van der Waals surface area contributed by atoms with Crippen LogP contribution in [0.2, 0.25) is 0 Å². The van der Waals surface area contributed by atoms with E-state index < -0.39 is 48.1 Å². The van der Waals surface area contributed by atoms with Crippen LogP contribution in [0.1, 0.15) is 78.7 Å². The number of nitrogens with zero attached hydrogens (tertiary/aromatic N) is 2. The normalized spacial score (nSPS) is 18.6. The summed E-state index contributed by atoms with van der Waals surface area (Å²) in [6.07, 6.45) is 0.553. The molecule has 0 radical (unpaired) electrons. The van der Waals surface area contributed by atoms with Crippen molar-refractivity contribution in [1.82, 2.24) is 26.1 Å². The number of carbonyl (C=O) groups is 3. The number of aliphatic hydroxyl groups is 1. The third-order valence-corrected chi connectivity index (χ3v) is 6.91. The van der Waals surface area contributed by atoms with Gasteiger partial charge in [0.15, 0.2) is 6.29 Å². The number of aliphatic hydroxyl groups excluding tert-OH is 1. The molecule has 3 amide bonds. The molecule has 1 fully saturated rings. The van der Waals surface area contributed by atoms with Gasteiger partial charge in [-0.05, 0) is 71.1 Å². The van der Waals surface area contributed by atoms with E-state index in [4.69, 9.17) is 14.5 Å². The van der Waals surface area contributed by atoms with E-state index in [1.807, 2.05) is 37.3 Å². The van der Waals surface area contributed by atoms with Crippen molar-refractivity contribution in [3.05, 3.63) is 48.2 Å². The predicted molar refractivity (Wildman–Crippen MR) is 161 cm³/mol. The van der Waals surface area contributed by atoms with Crippen LogP contribution in [0.4, 0.5) is 4.79 Å². The van der Waals surface area contributed by atoms with E-state index in [-0.39, 0.29) is 11.8 Å². The number of hydrogen-bond donors (Lipinski definition) is 4. The number of hydrazine groups is 1. The van der Waals surface area contributed by atoms with Gasteiger partial charge >= 0.3 is 6.09 Å². The highest BCUT2D eigenvalue weighted by Crippen LogP contribution is 2.23. The van der Waals surface area contributed by atoms with E-state index in [2.05, 4.69) is 22.6 Å². The molecule has 3 rings (SSSR count). The van der Waals surface area contributed by atoms with Gasteiger partial charge in [0.2, 0.25) is 5.91 Å². The fourth-order valence-electron chi connectivity index (χ4n) is 4.62. The van der Waals surface area contributed by atoms with Crippen LogP contribution < -0.4 is 16.1 Å². The number of amides is 3. The van der Waals surface area contributed by atoms with Gasteiger partial charge in [-0.2, -0.15) is 0 Å². The van der Waals surface area contributed by atoms with Crippen LogP contribution in [-0.4, -0.2) is 69.6 Å². The highest BCUT2D eigenvalue weighted by molar-refractivity contribution is 5.91. The first-order valence-electron chi connectivity index (χ1n) is 14.4. The van der Waals surface area contributed by atoms with Crippen molar-refractivity contribution >= 4 is 34.9 Å². The van der Waals surface area contributed by atoms with E-state index in [0.29, 0.717) is 25.1 Å². The molecule has 2 heterocycles. The van der Waals surface area contributed by atoms with E-state index in [9.17, 15) is 19.5 Å². The molecule has 230 valence electrons. The zero-order chi connectivity index (χ0) is 31.2. The monoisotopic (exact) mass is 583 g/mol. The number of benzene rings is 1. The van der Waals surface area contributed by atoms with Gasteiger partial charge in [0.1, 0.15) is 17.7 Å². The summed E-state index contributed by atoms with van der Waals surface area (Å²) in [6, 6.07) is 7.40. The largest absolute Gasteiger partial charge is 0.444 e. The van der Waals surface area contributed by atoms with Crippen LogP contribution in [-0.2, 0) is 19.1 Å². The van der Waals surface area contributed by atoms with E-state index in [0.717, 1.165) is 16.5 Å². The summed E-state index contributed by atoms with van der Waals surface area (Å²) in [5, 5.41) is 18.6. The lowest BCUT2D eigenvalue weighted by atomic mass is 10.0. The molecule has 1 saturated heterocycles. The average Bonchev–Trinajstić information content (AvgIpc) is 2.93. The lowest BCUT2D eigenvalue weighted by Gasteiger charge is -2.38. The first-order valence-corrected chi connectivity index (χ1v) is 14.4. The second-order valence-corrected chi connectivity index (χ2v) is 12.0. The fraction of sp³-hybridized carbons (Fsp3) is 0.548. The first-order chi connectivity index (χ1) is 19.7. The molecule has 0 spiro atoms. The minimum absolute atomic E-state index is 0.243. The maximum Gasteiger partial charge on any atom is 0.408 e. The SMILES string of the molecule is C=Cc1ccc2ccc(C(C)OC(O)C3CCCN(C(=O)C(C)NC(=O)C(NC(=O)OC(C)(C)C)C(C)C)N3)nc2c1. The second-order valence-electron chi connectivity index (χ2n) is 12.0. The number of rotatable bonds is 10. The van der Waals surface area contributed by atoms with Gasteiger partial charge in [-0.25, -0.2) is 10.2 Å². The molecular weight excluding hydrogens is 538 g/mol. The van der Waals surface area contributed by atoms with Crippen molar-refractivity contribution < 1.29 is 29.0 Å². The standard InChI is InChI=1S/C31H45N5O6/c1-9-21-12-13-22-14-15-23(33-25(22)17-21)20(5)41-29(39)24-11-10-16-36(35-24)28(38)19(4)32-27(37)26(18(2)3)34-30(40)42-31(6,7)8/h9,12-15,17-20,24,26,29,35,39H,1,10-11,16H2,2-8H3,(H,32,37)(H,34,40). The number of alkyl carbamates (subject to hydrolysis) is 1. The Morgan fingerprint density at radius 3 is 2.48 bits per heavy atom. The van der Waals surface area contributed by atoms with Crippen LogP contribution >= 0.6 is 0 Å². The van der Waals surface area contributed by atoms with Crippen molar-refractivity contribution in [3.63, 3.8) is 0 Å². The second kappa shape index (κ2) is 14.1. The van der Waals surface area contributed by atoms with Crippen LogP contribution in [0.15, 0.2) is 36.9 Å². The predicted octanol–water partition coefficient (Wildman–Crippen LogP) is 3.82. The van der Waals surface area contributed by atoms with E-state index in [1.165, 1.54) is 5.01 Å². The number of pyridine rings is 1. The Labute approximate surface area is 248 Å². The molecule has 4 N–H and O–H groups in total. The lowest BCUT2D eigenvalue weighted by Crippen LogP contribution is -2.61. The molecule has 11 nitrogen and oxygen atoms in total. The summed E-state index contributed by atoms with van der Waals surface area (Å²) in [6.45, 7) is 16.4. The summed E-state index contributed by atoms with van der Waals surface area (Å²) < 4.78 is 11.2. The Kier molecular flexibility index (Phi) is 11.1. The Balaban J connectivity index is 1.58. The Morgan fingerprint density at radius 1 is 1.14 bits per heavy atom. The smallest absolute Gasteiger partial charge is 0.408 e. The van der Waals surface area contributed by atoms with Crippen molar-refractivity contribution in [3.8, 4) is 0 Å². The van der Waals surface area contributed by atoms with E-state index in [1.54, 1.807) is 47.6 Å². The van der Waals surface area contributed by atoms with Crippen molar-refractivity contribution in [2.75, 3.05) is 6.54 Å². The zero-order valence-corrected chi connectivity index (χ0v) is 25.6. The van der Waals surface area contributed by atoms with Gasteiger partial charge in [0, 0.05) is 11.9 Å². The third kappa shape index (κ3) is 8.98. The van der Waals surface area contributed by atoms with Gasteiger partial charge in [-0.3, -0.25) is 19.6 Å². The van der Waals surface area contributed by atoms with Gasteiger partial charge in [-0.15, -0.1) is 0 Å². The summed E-state index contributed by atoms with van der Waals surface area (Å²) in [7, 11) is 0. The van der Waals surface area contributed by atoms with Gasteiger partial charge in [-0.1, -0.05) is 44.7 Å². The highest BCUT2D eigenvalue weighted by atomic mass is 16.6. The molecule has 11 heteroatoms. The molecule has 2 aromatic rings. The molecule has 0 saturated carbocycles. The Bertz CT molecular complexity index is 1280. The quantitative estimate of drug-likeness (QED) is 0.309. The Morgan fingerprint density at radius 2 is 1.83 bits per heavy atom. The molecule has 1 aliphatic rings. The number of hydrogen-bond acceptors (Lipinski definition) is 8. The number of fused-ring (bicyclic) bond motifs is 1. The molecule has 0 aliphatic carbocycles.